The van der Waals surface area contributed by atoms with Crippen molar-refractivity contribution in [1.29, 1.82) is 0 Å². The van der Waals surface area contributed by atoms with E-state index < -0.39 is 0 Å². The highest BCUT2D eigenvalue weighted by molar-refractivity contribution is 5.82. The molecule has 0 amide bonds. The van der Waals surface area contributed by atoms with E-state index in [1.165, 1.54) is 48.8 Å². The van der Waals surface area contributed by atoms with Crippen LogP contribution in [0.15, 0.2) is 30.5 Å². The summed E-state index contributed by atoms with van der Waals surface area (Å²) in [5.41, 5.74) is 2.85. The molecule has 1 aromatic carbocycles. The predicted molar refractivity (Wildman–Crippen MR) is 89.5 cm³/mol. The van der Waals surface area contributed by atoms with Crippen LogP contribution in [0.4, 0.5) is 0 Å². The normalized spacial score (nSPS) is 17.4. The number of aromatic nitrogens is 1. The van der Waals surface area contributed by atoms with Crippen molar-refractivity contribution in [2.45, 2.75) is 45.2 Å². The minimum Gasteiger partial charge on any atom is -0.361 e. The highest BCUT2D eigenvalue weighted by Crippen LogP contribution is 2.21. The fourth-order valence-corrected chi connectivity index (χ4v) is 3.42. The summed E-state index contributed by atoms with van der Waals surface area (Å²) in [4.78, 5) is 5.92. The van der Waals surface area contributed by atoms with E-state index in [9.17, 15) is 0 Å². The van der Waals surface area contributed by atoms with Gasteiger partial charge in [-0.2, -0.15) is 0 Å². The van der Waals surface area contributed by atoms with E-state index in [0.717, 1.165) is 13.1 Å². The van der Waals surface area contributed by atoms with Crippen molar-refractivity contribution in [2.24, 2.45) is 0 Å². The number of rotatable bonds is 5. The summed E-state index contributed by atoms with van der Waals surface area (Å²) in [5.74, 6) is 0. The van der Waals surface area contributed by atoms with Crippen LogP contribution in [0.25, 0.3) is 10.9 Å². The summed E-state index contributed by atoms with van der Waals surface area (Å²) >= 11 is 0. The molecule has 3 nitrogen and oxygen atoms in total. The molecule has 1 aromatic heterocycles. The van der Waals surface area contributed by atoms with Crippen molar-refractivity contribution in [2.75, 3.05) is 19.6 Å². The van der Waals surface area contributed by atoms with E-state index in [0.29, 0.717) is 0 Å². The number of likely N-dealkylation sites (tertiary alicyclic amines) is 1. The largest absolute Gasteiger partial charge is 0.361 e. The van der Waals surface area contributed by atoms with Gasteiger partial charge in [-0.15, -0.1) is 0 Å². The standard InChI is InChI=1S/C18H27N3/c1-18(2,21-11-4-3-5-12-21)14-19-13-15-7-6-8-17-16(15)9-10-20-17/h6-10,19-20H,3-5,11-14H2,1-2H3. The molecule has 2 aromatic rings. The van der Waals surface area contributed by atoms with Gasteiger partial charge in [0.25, 0.3) is 0 Å². The Balaban J connectivity index is 1.59. The Morgan fingerprint density at radius 3 is 2.76 bits per heavy atom. The quantitative estimate of drug-likeness (QED) is 0.880. The lowest BCUT2D eigenvalue weighted by atomic mass is 9.98. The first-order valence-electron chi connectivity index (χ1n) is 8.17. The Labute approximate surface area is 127 Å². The van der Waals surface area contributed by atoms with Gasteiger partial charge in [-0.25, -0.2) is 0 Å². The minimum absolute atomic E-state index is 0.243. The number of nitrogens with one attached hydrogen (secondary N) is 2. The first-order valence-corrected chi connectivity index (χ1v) is 8.17. The van der Waals surface area contributed by atoms with Crippen LogP contribution < -0.4 is 5.32 Å². The molecule has 0 aliphatic carbocycles. The maximum atomic E-state index is 3.67. The van der Waals surface area contributed by atoms with Gasteiger partial charge < -0.3 is 10.3 Å². The highest BCUT2D eigenvalue weighted by Gasteiger charge is 2.27. The van der Waals surface area contributed by atoms with Crippen LogP contribution >= 0.6 is 0 Å². The van der Waals surface area contributed by atoms with Crippen molar-refractivity contribution in [3.63, 3.8) is 0 Å². The van der Waals surface area contributed by atoms with E-state index >= 15 is 0 Å². The molecule has 2 heterocycles. The number of fused-ring (bicyclic) bond motifs is 1. The lowest BCUT2D eigenvalue weighted by molar-refractivity contribution is 0.0942. The Morgan fingerprint density at radius 2 is 1.95 bits per heavy atom. The molecule has 0 spiro atoms. The van der Waals surface area contributed by atoms with Gasteiger partial charge in [0.2, 0.25) is 0 Å². The van der Waals surface area contributed by atoms with E-state index in [2.05, 4.69) is 53.3 Å². The molecule has 114 valence electrons. The first kappa shape index (κ1) is 14.6. The van der Waals surface area contributed by atoms with Gasteiger partial charge >= 0.3 is 0 Å². The number of nitrogens with zero attached hydrogens (tertiary/aromatic N) is 1. The molecule has 3 heteroatoms. The second kappa shape index (κ2) is 6.20. The van der Waals surface area contributed by atoms with Crippen LogP contribution in [0.3, 0.4) is 0 Å². The molecule has 0 bridgehead atoms. The molecule has 21 heavy (non-hydrogen) atoms. The number of benzene rings is 1. The maximum Gasteiger partial charge on any atom is 0.0457 e. The Bertz CT molecular complexity index is 579. The predicted octanol–water partition coefficient (Wildman–Crippen LogP) is 3.52. The summed E-state index contributed by atoms with van der Waals surface area (Å²) in [6.45, 7) is 9.20. The smallest absolute Gasteiger partial charge is 0.0457 e. The number of H-pyrrole nitrogens is 1. The van der Waals surface area contributed by atoms with E-state index in [1.807, 2.05) is 6.20 Å². The van der Waals surface area contributed by atoms with Crippen LogP contribution in [0, 0.1) is 0 Å². The number of piperidine rings is 1. The third-order valence-electron chi connectivity index (χ3n) is 4.77. The highest BCUT2D eigenvalue weighted by atomic mass is 15.2. The van der Waals surface area contributed by atoms with Crippen LogP contribution in [0.5, 0.6) is 0 Å². The Hall–Kier alpha value is -1.32. The molecular formula is C18H27N3. The summed E-state index contributed by atoms with van der Waals surface area (Å²) in [7, 11) is 0. The second-order valence-corrected chi connectivity index (χ2v) is 6.82. The summed E-state index contributed by atoms with van der Waals surface area (Å²) in [6, 6.07) is 8.65. The van der Waals surface area contributed by atoms with Gasteiger partial charge in [0, 0.05) is 35.7 Å². The first-order chi connectivity index (χ1) is 10.2. The monoisotopic (exact) mass is 285 g/mol. The van der Waals surface area contributed by atoms with Crippen LogP contribution in [0.1, 0.15) is 38.7 Å². The van der Waals surface area contributed by atoms with Gasteiger partial charge in [0.05, 0.1) is 0 Å². The van der Waals surface area contributed by atoms with Gasteiger partial charge in [0.15, 0.2) is 0 Å². The summed E-state index contributed by atoms with van der Waals surface area (Å²) in [5, 5.41) is 5.00. The zero-order valence-corrected chi connectivity index (χ0v) is 13.3. The summed E-state index contributed by atoms with van der Waals surface area (Å²) < 4.78 is 0. The second-order valence-electron chi connectivity index (χ2n) is 6.82. The minimum atomic E-state index is 0.243. The van der Waals surface area contributed by atoms with Crippen LogP contribution in [-0.2, 0) is 6.54 Å². The summed E-state index contributed by atoms with van der Waals surface area (Å²) in [6.07, 6.45) is 6.12. The van der Waals surface area contributed by atoms with E-state index in [-0.39, 0.29) is 5.54 Å². The van der Waals surface area contributed by atoms with Crippen LogP contribution in [0.2, 0.25) is 0 Å². The van der Waals surface area contributed by atoms with Crippen molar-refractivity contribution >= 4 is 10.9 Å². The average Bonchev–Trinajstić information content (AvgIpc) is 2.97. The third-order valence-corrected chi connectivity index (χ3v) is 4.77. The molecule has 0 unspecified atom stereocenters. The maximum absolute atomic E-state index is 3.67. The molecule has 0 radical (unpaired) electrons. The van der Waals surface area contributed by atoms with Gasteiger partial charge in [-0.1, -0.05) is 18.6 Å². The van der Waals surface area contributed by atoms with Crippen molar-refractivity contribution < 1.29 is 0 Å². The van der Waals surface area contributed by atoms with Crippen molar-refractivity contribution in [3.8, 4) is 0 Å². The van der Waals surface area contributed by atoms with Crippen molar-refractivity contribution in [3.05, 3.63) is 36.0 Å². The zero-order valence-electron chi connectivity index (χ0n) is 13.3. The van der Waals surface area contributed by atoms with Crippen LogP contribution in [-0.4, -0.2) is 35.1 Å². The number of hydrogen-bond acceptors (Lipinski definition) is 2. The molecule has 3 rings (SSSR count). The zero-order chi connectivity index (χ0) is 14.7. The fourth-order valence-electron chi connectivity index (χ4n) is 3.42. The van der Waals surface area contributed by atoms with E-state index in [4.69, 9.17) is 0 Å². The lowest BCUT2D eigenvalue weighted by Gasteiger charge is -2.41. The van der Waals surface area contributed by atoms with Gasteiger partial charge in [0.1, 0.15) is 0 Å². The topological polar surface area (TPSA) is 31.1 Å². The molecule has 2 N–H and O–H groups in total. The molecule has 1 saturated heterocycles. The number of aromatic amines is 1. The lowest BCUT2D eigenvalue weighted by Crippen LogP contribution is -2.52. The van der Waals surface area contributed by atoms with E-state index in [1.54, 1.807) is 0 Å². The molecule has 1 aliphatic rings. The molecule has 1 aliphatic heterocycles. The Kier molecular flexibility index (Phi) is 4.32. The Morgan fingerprint density at radius 1 is 1.14 bits per heavy atom. The number of hydrogen-bond donors (Lipinski definition) is 2. The molecule has 0 atom stereocenters. The molecular weight excluding hydrogens is 258 g/mol. The van der Waals surface area contributed by atoms with Gasteiger partial charge in [-0.3, -0.25) is 4.90 Å². The fraction of sp³-hybridized carbons (Fsp3) is 0.556. The van der Waals surface area contributed by atoms with Crippen molar-refractivity contribution in [1.82, 2.24) is 15.2 Å². The average molecular weight is 285 g/mol. The third kappa shape index (κ3) is 3.30. The molecule has 0 saturated carbocycles. The molecule has 1 fully saturated rings. The SMILES string of the molecule is CC(C)(CNCc1cccc2[nH]ccc12)N1CCCCC1. The van der Waals surface area contributed by atoms with Gasteiger partial charge in [-0.05, 0) is 57.5 Å².